The summed E-state index contributed by atoms with van der Waals surface area (Å²) in [5.41, 5.74) is 21.8. The van der Waals surface area contributed by atoms with E-state index >= 15 is 0 Å². The molecule has 0 spiro atoms. The molecule has 45 heavy (non-hydrogen) atoms. The van der Waals surface area contributed by atoms with Crippen LogP contribution in [0.15, 0.2) is 77.9 Å². The first kappa shape index (κ1) is 35.9. The van der Waals surface area contributed by atoms with Crippen LogP contribution in [0.4, 0.5) is 0 Å². The Morgan fingerprint density at radius 3 is 1.67 bits per heavy atom. The van der Waals surface area contributed by atoms with Gasteiger partial charge in [-0.25, -0.2) is 0 Å². The Balaban J connectivity index is 0.00000230. The molecular formula is C41H50Cl2SiZr. The van der Waals surface area contributed by atoms with Gasteiger partial charge in [0.2, 0.25) is 0 Å². The van der Waals surface area contributed by atoms with E-state index in [1.807, 2.05) is 0 Å². The van der Waals surface area contributed by atoms with Gasteiger partial charge in [0.05, 0.1) is 0 Å². The molecule has 2 aliphatic rings. The molecule has 4 aromatic carbocycles. The Hall–Kier alpha value is -1.96. The van der Waals surface area contributed by atoms with E-state index in [2.05, 4.69) is 150 Å². The van der Waals surface area contributed by atoms with Gasteiger partial charge in [-0.1, -0.05) is 0 Å². The van der Waals surface area contributed by atoms with Gasteiger partial charge < -0.3 is 0 Å². The van der Waals surface area contributed by atoms with Crippen molar-refractivity contribution >= 4 is 43.8 Å². The molecule has 2 unspecified atom stereocenters. The Morgan fingerprint density at radius 1 is 0.600 bits per heavy atom. The predicted octanol–water partition coefficient (Wildman–Crippen LogP) is 12.0. The quantitative estimate of drug-likeness (QED) is 0.179. The molecule has 0 saturated carbocycles. The zero-order valence-corrected chi connectivity index (χ0v) is 34.3. The van der Waals surface area contributed by atoms with E-state index in [0.29, 0.717) is 13.2 Å². The molecule has 0 heterocycles. The maximum atomic E-state index is 2.78. The summed E-state index contributed by atoms with van der Waals surface area (Å²) >= 11 is -3.68. The summed E-state index contributed by atoms with van der Waals surface area (Å²) in [6.07, 6.45) is 5.18. The van der Waals surface area contributed by atoms with Crippen molar-refractivity contribution in [3.8, 4) is 22.3 Å². The normalized spacial score (nSPS) is 17.2. The Morgan fingerprint density at radius 2 is 1.13 bits per heavy atom. The maximum absolute atomic E-state index is 3.68. The summed E-state index contributed by atoms with van der Waals surface area (Å²) < 4.78 is 6.59. The second-order valence-electron chi connectivity index (χ2n) is 15.2. The van der Waals surface area contributed by atoms with E-state index in [0.717, 1.165) is 0 Å². The van der Waals surface area contributed by atoms with Crippen molar-refractivity contribution in [3.63, 3.8) is 0 Å². The average molecular weight is 733 g/mol. The minimum atomic E-state index is -3.68. The molecule has 0 fully saturated rings. The summed E-state index contributed by atoms with van der Waals surface area (Å²) in [6.45, 7) is 21.0. The van der Waals surface area contributed by atoms with E-state index in [-0.39, 0.29) is 24.8 Å². The van der Waals surface area contributed by atoms with Crippen LogP contribution in [0.1, 0.15) is 78.1 Å². The first-order valence-corrected chi connectivity index (χ1v) is 29.7. The average Bonchev–Trinajstić information content (AvgIpc) is 3.50. The maximum Gasteiger partial charge on any atom is -0.147 e. The summed E-state index contributed by atoms with van der Waals surface area (Å²) in [5, 5.41) is 0. The summed E-state index contributed by atoms with van der Waals surface area (Å²) in [4.78, 5) is 0. The van der Waals surface area contributed by atoms with E-state index in [1.54, 1.807) is 22.3 Å². The molecule has 4 aromatic rings. The monoisotopic (exact) mass is 730 g/mol. The van der Waals surface area contributed by atoms with Gasteiger partial charge in [0.1, 0.15) is 0 Å². The minimum Gasteiger partial charge on any atom is -0.147 e. The number of aryl methyl sites for hydroxylation is 5. The number of rotatable bonds is 5. The molecule has 0 aromatic heterocycles. The number of benzene rings is 4. The fourth-order valence-electron chi connectivity index (χ4n) is 8.90. The molecule has 0 nitrogen and oxygen atoms in total. The van der Waals surface area contributed by atoms with Crippen LogP contribution in [0.25, 0.3) is 34.4 Å². The SMILES string of the molecule is CC1=Cc2c(-c3ccc(C)cc3C)ccc(C)c2[CH]1[Zr]([CH3])([CH3])(=[SiH2])[CH]1C(C(C)C)=Cc2c(-c3ccc(C)cc3C)cccc21.Cl.Cl. The van der Waals surface area contributed by atoms with E-state index in [1.165, 1.54) is 61.2 Å². The first-order valence-electron chi connectivity index (χ1n) is 16.1. The van der Waals surface area contributed by atoms with Crippen LogP contribution in [-0.2, 0) is 17.4 Å². The summed E-state index contributed by atoms with van der Waals surface area (Å²) in [5.74, 6) is 0.509. The van der Waals surface area contributed by atoms with Gasteiger partial charge in [-0.2, -0.15) is 0 Å². The van der Waals surface area contributed by atoms with E-state index < -0.39 is 17.4 Å². The smallest absolute Gasteiger partial charge is 0.147 e. The topological polar surface area (TPSA) is 0 Å². The van der Waals surface area contributed by atoms with Crippen molar-refractivity contribution in [3.05, 3.63) is 128 Å². The molecule has 0 bridgehead atoms. The van der Waals surface area contributed by atoms with Crippen LogP contribution < -0.4 is 0 Å². The Labute approximate surface area is 287 Å². The number of hydrogen-bond donors (Lipinski definition) is 0. The Bertz CT molecular complexity index is 1950. The molecule has 0 saturated heterocycles. The fourth-order valence-corrected chi connectivity index (χ4v) is 29.5. The van der Waals surface area contributed by atoms with Gasteiger partial charge in [0.15, 0.2) is 0 Å². The molecule has 0 amide bonds. The van der Waals surface area contributed by atoms with Crippen molar-refractivity contribution in [1.29, 1.82) is 0 Å². The van der Waals surface area contributed by atoms with Crippen LogP contribution in [0.2, 0.25) is 9.26 Å². The van der Waals surface area contributed by atoms with Crippen LogP contribution >= 0.6 is 24.8 Å². The van der Waals surface area contributed by atoms with Crippen molar-refractivity contribution < 1.29 is 17.4 Å². The molecular weight excluding hydrogens is 683 g/mol. The van der Waals surface area contributed by atoms with E-state index in [9.17, 15) is 0 Å². The third kappa shape index (κ3) is 5.88. The molecule has 236 valence electrons. The number of fused-ring (bicyclic) bond motifs is 2. The molecule has 0 N–H and O–H groups in total. The molecule has 2 aliphatic carbocycles. The largest absolute Gasteiger partial charge is 0.147 e. The minimum absolute atomic E-state index is 0. The number of hydrogen-bond acceptors (Lipinski definition) is 0. The Kier molecular flexibility index (Phi) is 10.0. The number of allylic oxidation sites excluding steroid dienone is 2. The molecule has 4 heteroatoms. The van der Waals surface area contributed by atoms with Crippen molar-refractivity contribution in [2.45, 2.75) is 71.9 Å². The molecule has 0 aliphatic heterocycles. The molecule has 2 atom stereocenters. The van der Waals surface area contributed by atoms with Gasteiger partial charge in [0.25, 0.3) is 0 Å². The van der Waals surface area contributed by atoms with Crippen molar-refractivity contribution in [1.82, 2.24) is 0 Å². The standard InChI is InChI=1S/C20H21.C19H19.2CH3.2ClH.H2Si.Zr/c1-13(2)17-11-16-6-5-7-19(20(16)12-17)18-9-8-14(3)10-15(18)4;1-12-5-7-16(15(4)9-12)17-8-6-14(3)18-10-13(2)11-19(17)18;;;;;;/h5-13H,1-4H3;5-11H,1-4H3;2*1H3;2*1H;1H2;. The van der Waals surface area contributed by atoms with Gasteiger partial charge in [-0.15, -0.1) is 24.8 Å². The van der Waals surface area contributed by atoms with Gasteiger partial charge in [-0.05, 0) is 0 Å². The van der Waals surface area contributed by atoms with Crippen LogP contribution in [0.5, 0.6) is 0 Å². The molecule has 0 radical (unpaired) electrons. The third-order valence-corrected chi connectivity index (χ3v) is 28.2. The van der Waals surface area contributed by atoms with Crippen molar-refractivity contribution in [2.24, 2.45) is 5.92 Å². The van der Waals surface area contributed by atoms with E-state index in [4.69, 9.17) is 0 Å². The van der Waals surface area contributed by atoms with Crippen LogP contribution in [0, 0.1) is 40.5 Å². The predicted molar refractivity (Wildman–Crippen MR) is 204 cm³/mol. The summed E-state index contributed by atoms with van der Waals surface area (Å²) in [6, 6.07) is 25.8. The zero-order valence-electron chi connectivity index (χ0n) is 28.8. The van der Waals surface area contributed by atoms with Gasteiger partial charge >= 0.3 is 264 Å². The van der Waals surface area contributed by atoms with Crippen LogP contribution in [-0.4, -0.2) is 6.88 Å². The van der Waals surface area contributed by atoms with Crippen molar-refractivity contribution in [2.75, 3.05) is 0 Å². The molecule has 6 rings (SSSR count). The second kappa shape index (κ2) is 12.6. The second-order valence-corrected chi connectivity index (χ2v) is 45.7. The summed E-state index contributed by atoms with van der Waals surface area (Å²) in [7, 11) is 0. The number of halogens is 2. The van der Waals surface area contributed by atoms with Crippen LogP contribution in [0.3, 0.4) is 0 Å². The fraction of sp³-hybridized carbons (Fsp3) is 0.317. The van der Waals surface area contributed by atoms with Gasteiger partial charge in [0, 0.05) is 0 Å². The van der Waals surface area contributed by atoms with Gasteiger partial charge in [-0.3, -0.25) is 0 Å². The zero-order chi connectivity index (χ0) is 31.0. The first-order chi connectivity index (χ1) is 20.2. The third-order valence-electron chi connectivity index (χ3n) is 10.6.